The third-order valence-electron chi connectivity index (χ3n) is 8.39. The number of aryl methyl sites for hydroxylation is 1. The van der Waals surface area contributed by atoms with Crippen LogP contribution in [0.2, 0.25) is 0 Å². The first kappa shape index (κ1) is 29.2. The van der Waals surface area contributed by atoms with Crippen molar-refractivity contribution in [3.05, 3.63) is 57.8 Å². The molecular weight excluding hydrogens is 549 g/mol. The lowest BCUT2D eigenvalue weighted by molar-refractivity contribution is -0.0521. The van der Waals surface area contributed by atoms with Crippen molar-refractivity contribution in [2.24, 2.45) is 13.0 Å². The second-order valence-electron chi connectivity index (χ2n) is 10.8. The van der Waals surface area contributed by atoms with Crippen LogP contribution >= 0.6 is 0 Å². The van der Waals surface area contributed by atoms with E-state index in [1.807, 2.05) is 18.0 Å². The largest absolute Gasteiger partial charge is 0.432 e. The Morgan fingerprint density at radius 1 is 1.12 bits per heavy atom. The average Bonchev–Trinajstić information content (AvgIpc) is 3.51. The average molecular weight is 581 g/mol. The lowest BCUT2D eigenvalue weighted by Gasteiger charge is -2.42. The Morgan fingerprint density at radius 3 is 2.50 bits per heavy atom. The number of hydrogen-bond acceptors (Lipinski definition) is 8. The van der Waals surface area contributed by atoms with E-state index in [2.05, 4.69) is 20.7 Å². The van der Waals surface area contributed by atoms with Crippen molar-refractivity contribution in [1.29, 1.82) is 10.5 Å². The standard InChI is InChI=1S/C30H31F3N6O3/c1-37(28-23(15-35)29(40)38(2)25-10-3-19(14-34)36-27(25)28)20-4-6-21(7-5-20)39(16-18-11-12-41-17-18)22-8-9-24(31)26(13-22)42-30(32)33/h3,8-10,13,18,20-21,30H,4-7,11-12,16-17H2,1-2H3. The third kappa shape index (κ3) is 5.72. The first-order valence-corrected chi connectivity index (χ1v) is 13.9. The molecule has 9 nitrogen and oxygen atoms in total. The minimum Gasteiger partial charge on any atom is -0.432 e. The number of anilines is 2. The zero-order valence-corrected chi connectivity index (χ0v) is 23.4. The molecule has 3 aromatic rings. The molecule has 0 bridgehead atoms. The number of ether oxygens (including phenoxy) is 2. The molecule has 5 rings (SSSR count). The quantitative estimate of drug-likeness (QED) is 0.377. The highest BCUT2D eigenvalue weighted by Crippen LogP contribution is 2.36. The molecule has 42 heavy (non-hydrogen) atoms. The second kappa shape index (κ2) is 12.3. The zero-order valence-electron chi connectivity index (χ0n) is 23.4. The van der Waals surface area contributed by atoms with Gasteiger partial charge >= 0.3 is 6.61 Å². The SMILES string of the molecule is CN(c1c(C#N)c(=O)n(C)c2ccc(C#N)nc12)C1CCC(N(CC2CCOC2)c2ccc(F)c(OC(F)F)c2)CC1. The Morgan fingerprint density at radius 2 is 1.86 bits per heavy atom. The minimum atomic E-state index is -3.14. The van der Waals surface area contributed by atoms with Crippen molar-refractivity contribution in [3.63, 3.8) is 0 Å². The van der Waals surface area contributed by atoms with E-state index in [-0.39, 0.29) is 29.3 Å². The van der Waals surface area contributed by atoms with Gasteiger partial charge in [0, 0.05) is 57.0 Å². The number of pyridine rings is 2. The molecule has 1 atom stereocenters. The molecule has 3 heterocycles. The smallest absolute Gasteiger partial charge is 0.387 e. The normalized spacial score (nSPS) is 20.3. The molecule has 0 N–H and O–H groups in total. The van der Waals surface area contributed by atoms with E-state index < -0.39 is 23.7 Å². The fourth-order valence-corrected chi connectivity index (χ4v) is 6.17. The summed E-state index contributed by atoms with van der Waals surface area (Å²) in [5.74, 6) is -1.09. The van der Waals surface area contributed by atoms with Crippen LogP contribution < -0.4 is 20.1 Å². The highest BCUT2D eigenvalue weighted by Gasteiger charge is 2.33. The van der Waals surface area contributed by atoms with Gasteiger partial charge in [0.2, 0.25) is 0 Å². The molecule has 1 aromatic carbocycles. The monoisotopic (exact) mass is 580 g/mol. The maximum atomic E-state index is 14.2. The Hall–Kier alpha value is -4.29. The maximum absolute atomic E-state index is 14.2. The molecule has 1 aliphatic carbocycles. The van der Waals surface area contributed by atoms with Gasteiger partial charge in [0.15, 0.2) is 11.6 Å². The summed E-state index contributed by atoms with van der Waals surface area (Å²) in [5.41, 5.74) is 1.67. The van der Waals surface area contributed by atoms with Crippen LogP contribution in [-0.4, -0.2) is 55.1 Å². The number of fused-ring (bicyclic) bond motifs is 1. The molecule has 2 fully saturated rings. The van der Waals surface area contributed by atoms with Gasteiger partial charge in [-0.2, -0.15) is 19.3 Å². The summed E-state index contributed by atoms with van der Waals surface area (Å²) in [7, 11) is 3.41. The van der Waals surface area contributed by atoms with Crippen molar-refractivity contribution >= 4 is 22.4 Å². The van der Waals surface area contributed by atoms with Crippen molar-refractivity contribution in [2.75, 3.05) is 36.6 Å². The molecule has 0 spiro atoms. The van der Waals surface area contributed by atoms with Crippen LogP contribution in [0.15, 0.2) is 35.1 Å². The van der Waals surface area contributed by atoms with Crippen molar-refractivity contribution in [3.8, 4) is 17.9 Å². The topological polar surface area (TPSA) is 107 Å². The molecule has 0 radical (unpaired) electrons. The van der Waals surface area contributed by atoms with E-state index in [1.165, 1.54) is 10.6 Å². The minimum absolute atomic E-state index is 0.0289. The van der Waals surface area contributed by atoms with Crippen LogP contribution in [0.4, 0.5) is 24.5 Å². The first-order chi connectivity index (χ1) is 20.2. The van der Waals surface area contributed by atoms with Gasteiger partial charge in [-0.3, -0.25) is 4.79 Å². The number of nitriles is 2. The van der Waals surface area contributed by atoms with Crippen LogP contribution in [0, 0.1) is 34.4 Å². The Labute approximate surface area is 241 Å². The van der Waals surface area contributed by atoms with Crippen LogP contribution in [0.25, 0.3) is 11.0 Å². The van der Waals surface area contributed by atoms with Gasteiger partial charge in [0.1, 0.15) is 28.9 Å². The summed E-state index contributed by atoms with van der Waals surface area (Å²) < 4.78 is 51.5. The molecule has 220 valence electrons. The molecule has 12 heteroatoms. The number of hydrogen-bond donors (Lipinski definition) is 0. The molecule has 1 saturated carbocycles. The lowest BCUT2D eigenvalue weighted by atomic mass is 9.88. The summed E-state index contributed by atoms with van der Waals surface area (Å²) in [4.78, 5) is 21.6. The van der Waals surface area contributed by atoms with Crippen molar-refractivity contribution in [1.82, 2.24) is 9.55 Å². The second-order valence-corrected chi connectivity index (χ2v) is 10.8. The molecule has 1 aliphatic heterocycles. The number of nitrogens with zero attached hydrogens (tertiary/aromatic N) is 6. The van der Waals surface area contributed by atoms with E-state index in [4.69, 9.17) is 4.74 Å². The molecular formula is C30H31F3N6O3. The van der Waals surface area contributed by atoms with Crippen molar-refractivity contribution in [2.45, 2.75) is 50.8 Å². The third-order valence-corrected chi connectivity index (χ3v) is 8.39. The number of benzene rings is 1. The van der Waals surface area contributed by atoms with E-state index in [0.717, 1.165) is 25.3 Å². The lowest BCUT2D eigenvalue weighted by Crippen LogP contribution is -2.45. The van der Waals surface area contributed by atoms with Gasteiger partial charge in [0.05, 0.1) is 17.8 Å². The van der Waals surface area contributed by atoms with Gasteiger partial charge in [0.25, 0.3) is 5.56 Å². The Bertz CT molecular complexity index is 1600. The fourth-order valence-electron chi connectivity index (χ4n) is 6.17. The van der Waals surface area contributed by atoms with Crippen LogP contribution in [-0.2, 0) is 11.8 Å². The number of aromatic nitrogens is 2. The van der Waals surface area contributed by atoms with Gasteiger partial charge in [-0.1, -0.05) is 0 Å². The van der Waals surface area contributed by atoms with Crippen molar-refractivity contribution < 1.29 is 22.6 Å². The first-order valence-electron chi connectivity index (χ1n) is 13.9. The van der Waals surface area contributed by atoms with Gasteiger partial charge in [-0.25, -0.2) is 9.37 Å². The molecule has 1 saturated heterocycles. The van der Waals surface area contributed by atoms with Crippen LogP contribution in [0.3, 0.4) is 0 Å². The molecule has 0 amide bonds. The Balaban J connectivity index is 1.43. The summed E-state index contributed by atoms with van der Waals surface area (Å²) >= 11 is 0. The van der Waals surface area contributed by atoms with Gasteiger partial charge in [-0.05, 0) is 56.4 Å². The molecule has 1 unspecified atom stereocenters. The van der Waals surface area contributed by atoms with E-state index >= 15 is 0 Å². The zero-order chi connectivity index (χ0) is 30.0. The Kier molecular flexibility index (Phi) is 8.55. The van der Waals surface area contributed by atoms with E-state index in [0.29, 0.717) is 55.0 Å². The maximum Gasteiger partial charge on any atom is 0.387 e. The van der Waals surface area contributed by atoms with Crippen LogP contribution in [0.5, 0.6) is 5.75 Å². The summed E-state index contributed by atoms with van der Waals surface area (Å²) in [6.45, 7) is -1.25. The number of rotatable bonds is 8. The highest BCUT2D eigenvalue weighted by atomic mass is 19.3. The van der Waals surface area contributed by atoms with Crippen LogP contribution in [0.1, 0.15) is 43.4 Å². The summed E-state index contributed by atoms with van der Waals surface area (Å²) in [6.07, 6.45) is 3.75. The van der Waals surface area contributed by atoms with Gasteiger partial charge in [-0.15, -0.1) is 0 Å². The predicted octanol–water partition coefficient (Wildman–Crippen LogP) is 4.71. The van der Waals surface area contributed by atoms with E-state index in [9.17, 15) is 28.5 Å². The van der Waals surface area contributed by atoms with E-state index in [1.54, 1.807) is 25.2 Å². The molecule has 2 aromatic heterocycles. The number of halogens is 3. The molecule has 2 aliphatic rings. The number of alkyl halides is 2. The fraction of sp³-hybridized carbons (Fsp3) is 0.467. The highest BCUT2D eigenvalue weighted by molar-refractivity contribution is 5.92. The predicted molar refractivity (Wildman–Crippen MR) is 150 cm³/mol. The van der Waals surface area contributed by atoms with Gasteiger partial charge < -0.3 is 23.8 Å². The summed E-state index contributed by atoms with van der Waals surface area (Å²) in [6, 6.07) is 11.4. The summed E-state index contributed by atoms with van der Waals surface area (Å²) in [5, 5.41) is 19.4.